The van der Waals surface area contributed by atoms with E-state index in [1.54, 1.807) is 0 Å². The van der Waals surface area contributed by atoms with Crippen LogP contribution in [0.15, 0.2) is 41.2 Å². The number of H-pyrrole nitrogens is 1. The van der Waals surface area contributed by atoms with Crippen molar-refractivity contribution in [1.82, 2.24) is 9.97 Å². The van der Waals surface area contributed by atoms with Gasteiger partial charge in [-0.05, 0) is 25.3 Å². The highest BCUT2D eigenvalue weighted by atomic mass is 16.1. The van der Waals surface area contributed by atoms with E-state index in [0.29, 0.717) is 18.3 Å². The van der Waals surface area contributed by atoms with E-state index in [0.717, 1.165) is 24.2 Å². The van der Waals surface area contributed by atoms with Gasteiger partial charge in [-0.1, -0.05) is 30.3 Å². The van der Waals surface area contributed by atoms with Crippen molar-refractivity contribution in [3.63, 3.8) is 0 Å². The molecular formula is C16H20N4O. The first kappa shape index (κ1) is 13.8. The number of aromatic nitrogens is 2. The normalized spacial score (nSPS) is 17.2. The standard InChI is InChI=1S/C16H20N4O/c1-16(10-17,12-5-3-2-4-6-12)20-13-9-14(21)19-15(18-13)11-7-8-11/h2-6,9,11H,7-8,10,17H2,1H3,(H2,18,19,20,21). The van der Waals surface area contributed by atoms with E-state index in [-0.39, 0.29) is 5.56 Å². The third-order valence-corrected chi connectivity index (χ3v) is 3.95. The fraction of sp³-hybridized carbons (Fsp3) is 0.375. The zero-order chi connectivity index (χ0) is 14.9. The molecule has 0 radical (unpaired) electrons. The maximum absolute atomic E-state index is 11.8. The zero-order valence-electron chi connectivity index (χ0n) is 12.1. The molecule has 1 aliphatic carbocycles. The van der Waals surface area contributed by atoms with Gasteiger partial charge in [0, 0.05) is 18.5 Å². The molecule has 0 aliphatic heterocycles. The zero-order valence-corrected chi connectivity index (χ0v) is 12.1. The van der Waals surface area contributed by atoms with Gasteiger partial charge in [-0.2, -0.15) is 0 Å². The van der Waals surface area contributed by atoms with E-state index in [9.17, 15) is 4.79 Å². The molecule has 0 bridgehead atoms. The van der Waals surface area contributed by atoms with Gasteiger partial charge in [0.15, 0.2) is 0 Å². The van der Waals surface area contributed by atoms with Crippen molar-refractivity contribution in [2.24, 2.45) is 5.73 Å². The molecule has 5 nitrogen and oxygen atoms in total. The number of nitrogens with two attached hydrogens (primary N) is 1. The molecule has 0 saturated heterocycles. The molecule has 1 fully saturated rings. The summed E-state index contributed by atoms with van der Waals surface area (Å²) in [5.41, 5.74) is 6.45. The van der Waals surface area contributed by atoms with Crippen LogP contribution in [0.1, 0.15) is 37.1 Å². The second kappa shape index (κ2) is 5.33. The minimum atomic E-state index is -0.455. The Morgan fingerprint density at radius 2 is 2.10 bits per heavy atom. The second-order valence-corrected chi connectivity index (χ2v) is 5.82. The monoisotopic (exact) mass is 284 g/mol. The Labute approximate surface area is 123 Å². The summed E-state index contributed by atoms with van der Waals surface area (Å²) in [5.74, 6) is 1.76. The lowest BCUT2D eigenvalue weighted by molar-refractivity contribution is 0.553. The number of hydrogen-bond acceptors (Lipinski definition) is 4. The average molecular weight is 284 g/mol. The van der Waals surface area contributed by atoms with E-state index in [1.807, 2.05) is 37.3 Å². The quantitative estimate of drug-likeness (QED) is 0.783. The molecular weight excluding hydrogens is 264 g/mol. The van der Waals surface area contributed by atoms with Gasteiger partial charge in [0.05, 0.1) is 5.54 Å². The molecule has 1 atom stereocenters. The van der Waals surface area contributed by atoms with Crippen molar-refractivity contribution in [3.05, 3.63) is 58.1 Å². The Balaban J connectivity index is 1.92. The number of nitrogens with zero attached hydrogens (tertiary/aromatic N) is 1. The Kier molecular flexibility index (Phi) is 3.51. The topological polar surface area (TPSA) is 83.8 Å². The summed E-state index contributed by atoms with van der Waals surface area (Å²) >= 11 is 0. The van der Waals surface area contributed by atoms with Crippen LogP contribution < -0.4 is 16.6 Å². The van der Waals surface area contributed by atoms with Gasteiger partial charge in [-0.15, -0.1) is 0 Å². The minimum Gasteiger partial charge on any atom is -0.359 e. The summed E-state index contributed by atoms with van der Waals surface area (Å²) in [7, 11) is 0. The van der Waals surface area contributed by atoms with Gasteiger partial charge < -0.3 is 16.0 Å². The maximum Gasteiger partial charge on any atom is 0.252 e. The highest BCUT2D eigenvalue weighted by Crippen LogP contribution is 2.38. The predicted octanol–water partition coefficient (Wildman–Crippen LogP) is 1.93. The van der Waals surface area contributed by atoms with Crippen molar-refractivity contribution >= 4 is 5.82 Å². The van der Waals surface area contributed by atoms with E-state index < -0.39 is 5.54 Å². The highest BCUT2D eigenvalue weighted by molar-refractivity contribution is 5.42. The molecule has 1 aromatic heterocycles. The molecule has 1 heterocycles. The molecule has 5 heteroatoms. The third-order valence-electron chi connectivity index (χ3n) is 3.95. The predicted molar refractivity (Wildman–Crippen MR) is 83.3 cm³/mol. The number of benzene rings is 1. The van der Waals surface area contributed by atoms with Gasteiger partial charge in [-0.25, -0.2) is 4.98 Å². The first-order chi connectivity index (χ1) is 10.1. The third kappa shape index (κ3) is 2.97. The van der Waals surface area contributed by atoms with E-state index in [4.69, 9.17) is 5.73 Å². The number of aromatic amines is 1. The fourth-order valence-electron chi connectivity index (χ4n) is 2.42. The SMILES string of the molecule is CC(CN)(Nc1cc(=O)[nH]c(C2CC2)n1)c1ccccc1. The van der Waals surface area contributed by atoms with Gasteiger partial charge in [0.25, 0.3) is 5.56 Å². The molecule has 2 aromatic rings. The lowest BCUT2D eigenvalue weighted by atomic mass is 9.92. The molecule has 4 N–H and O–H groups in total. The van der Waals surface area contributed by atoms with Crippen molar-refractivity contribution in [1.29, 1.82) is 0 Å². The summed E-state index contributed by atoms with van der Waals surface area (Å²) < 4.78 is 0. The van der Waals surface area contributed by atoms with E-state index in [1.165, 1.54) is 6.07 Å². The lowest BCUT2D eigenvalue weighted by Crippen LogP contribution is -2.40. The molecule has 110 valence electrons. The summed E-state index contributed by atoms with van der Waals surface area (Å²) in [6.45, 7) is 2.42. The van der Waals surface area contributed by atoms with Crippen LogP contribution in [0, 0.1) is 0 Å². The molecule has 0 spiro atoms. The summed E-state index contributed by atoms with van der Waals surface area (Å²) in [6.07, 6.45) is 2.19. The number of anilines is 1. The Morgan fingerprint density at radius 3 is 2.71 bits per heavy atom. The van der Waals surface area contributed by atoms with Crippen LogP contribution in [0.4, 0.5) is 5.82 Å². The van der Waals surface area contributed by atoms with Crippen molar-refractivity contribution in [2.75, 3.05) is 11.9 Å². The molecule has 1 saturated carbocycles. The van der Waals surface area contributed by atoms with E-state index in [2.05, 4.69) is 15.3 Å². The fourth-order valence-corrected chi connectivity index (χ4v) is 2.42. The van der Waals surface area contributed by atoms with Gasteiger partial charge >= 0.3 is 0 Å². The summed E-state index contributed by atoms with van der Waals surface area (Å²) in [4.78, 5) is 19.1. The molecule has 1 aliphatic rings. The number of rotatable bonds is 5. The summed E-state index contributed by atoms with van der Waals surface area (Å²) in [5, 5.41) is 3.33. The Bertz CT molecular complexity index is 678. The Hall–Kier alpha value is -2.14. The van der Waals surface area contributed by atoms with Crippen molar-refractivity contribution < 1.29 is 0 Å². The lowest BCUT2D eigenvalue weighted by Gasteiger charge is -2.30. The maximum atomic E-state index is 11.8. The molecule has 21 heavy (non-hydrogen) atoms. The van der Waals surface area contributed by atoms with Crippen LogP contribution in [0.2, 0.25) is 0 Å². The smallest absolute Gasteiger partial charge is 0.252 e. The highest BCUT2D eigenvalue weighted by Gasteiger charge is 2.28. The molecule has 3 rings (SSSR count). The molecule has 0 amide bonds. The Morgan fingerprint density at radius 1 is 1.38 bits per heavy atom. The van der Waals surface area contributed by atoms with Crippen molar-refractivity contribution in [2.45, 2.75) is 31.2 Å². The summed E-state index contributed by atoms with van der Waals surface area (Å²) in [6, 6.07) is 11.5. The first-order valence-electron chi connectivity index (χ1n) is 7.26. The van der Waals surface area contributed by atoms with Crippen molar-refractivity contribution in [3.8, 4) is 0 Å². The molecule has 1 unspecified atom stereocenters. The largest absolute Gasteiger partial charge is 0.359 e. The van der Waals surface area contributed by atoms with Crippen LogP contribution in [-0.4, -0.2) is 16.5 Å². The van der Waals surface area contributed by atoms with Crippen LogP contribution in [0.5, 0.6) is 0 Å². The van der Waals surface area contributed by atoms with Crippen LogP contribution in [0.25, 0.3) is 0 Å². The number of nitrogens with one attached hydrogen (secondary N) is 2. The van der Waals surface area contributed by atoms with Crippen LogP contribution in [0.3, 0.4) is 0 Å². The average Bonchev–Trinajstić information content (AvgIpc) is 3.32. The first-order valence-corrected chi connectivity index (χ1v) is 7.26. The number of hydrogen-bond donors (Lipinski definition) is 3. The van der Waals surface area contributed by atoms with Crippen LogP contribution >= 0.6 is 0 Å². The minimum absolute atomic E-state index is 0.123. The van der Waals surface area contributed by atoms with Gasteiger partial charge in [0.1, 0.15) is 11.6 Å². The van der Waals surface area contributed by atoms with Gasteiger partial charge in [0.2, 0.25) is 0 Å². The van der Waals surface area contributed by atoms with Crippen LogP contribution in [-0.2, 0) is 5.54 Å². The van der Waals surface area contributed by atoms with E-state index >= 15 is 0 Å². The van der Waals surface area contributed by atoms with Gasteiger partial charge in [-0.3, -0.25) is 4.79 Å². The second-order valence-electron chi connectivity index (χ2n) is 5.82. The molecule has 1 aromatic carbocycles.